The Morgan fingerprint density at radius 2 is 2.43 bits per heavy atom. The van der Waals surface area contributed by atoms with Gasteiger partial charge in [-0.15, -0.1) is 0 Å². The smallest absolute Gasteiger partial charge is 0.335 e. The van der Waals surface area contributed by atoms with E-state index in [4.69, 9.17) is 4.74 Å². The summed E-state index contributed by atoms with van der Waals surface area (Å²) in [6.45, 7) is 0. The molecule has 0 aromatic carbocycles. The third-order valence-electron chi connectivity index (χ3n) is 2.31. The number of allylic oxidation sites excluding steroid dienone is 2. The first kappa shape index (κ1) is 9.02. The molecule has 1 heterocycles. The topological polar surface area (TPSA) is 41.6 Å². The van der Waals surface area contributed by atoms with Crippen LogP contribution in [-0.4, -0.2) is 31.2 Å². The monoisotopic (exact) mass is 192 g/mol. The van der Waals surface area contributed by atoms with Gasteiger partial charge in [-0.1, -0.05) is 12.2 Å². The Labute approximate surface area is 82.5 Å². The van der Waals surface area contributed by atoms with Crippen molar-refractivity contribution in [1.82, 2.24) is 10.4 Å². The van der Waals surface area contributed by atoms with Crippen LogP contribution in [0.25, 0.3) is 0 Å². The van der Waals surface area contributed by atoms with Gasteiger partial charge in [0.2, 0.25) is 0 Å². The summed E-state index contributed by atoms with van der Waals surface area (Å²) in [6.07, 6.45) is 7.57. The molecule has 2 aliphatic rings. The van der Waals surface area contributed by atoms with Crippen molar-refractivity contribution in [3.8, 4) is 0 Å². The summed E-state index contributed by atoms with van der Waals surface area (Å²) in [4.78, 5) is 11.4. The quantitative estimate of drug-likeness (QED) is 0.609. The fraction of sp³-hybridized carbons (Fsp3) is 0.300. The van der Waals surface area contributed by atoms with Crippen molar-refractivity contribution in [2.24, 2.45) is 0 Å². The lowest BCUT2D eigenvalue weighted by molar-refractivity contribution is -0.136. The molecule has 0 spiro atoms. The number of carbonyl (C=O) groups is 1. The van der Waals surface area contributed by atoms with E-state index < -0.39 is 0 Å². The van der Waals surface area contributed by atoms with E-state index in [-0.39, 0.29) is 12.0 Å². The van der Waals surface area contributed by atoms with Crippen LogP contribution in [0.2, 0.25) is 0 Å². The molecule has 74 valence electrons. The molecule has 0 saturated carbocycles. The van der Waals surface area contributed by atoms with Gasteiger partial charge in [0, 0.05) is 13.2 Å². The second kappa shape index (κ2) is 3.31. The number of fused-ring (bicyclic) bond motifs is 1. The van der Waals surface area contributed by atoms with Crippen LogP contribution in [0.4, 0.5) is 0 Å². The fourth-order valence-electron chi connectivity index (χ4n) is 1.66. The van der Waals surface area contributed by atoms with E-state index in [9.17, 15) is 4.79 Å². The molecule has 2 rings (SSSR count). The molecule has 0 bridgehead atoms. The highest BCUT2D eigenvalue weighted by atomic mass is 16.5. The van der Waals surface area contributed by atoms with Crippen molar-refractivity contribution >= 4 is 5.97 Å². The highest BCUT2D eigenvalue weighted by molar-refractivity contribution is 5.91. The predicted octanol–water partition coefficient (Wildman–Crippen LogP) is 0.358. The molecule has 0 aromatic heterocycles. The van der Waals surface area contributed by atoms with E-state index in [0.717, 1.165) is 5.57 Å². The van der Waals surface area contributed by atoms with Gasteiger partial charge in [0.1, 0.15) is 0 Å². The van der Waals surface area contributed by atoms with Gasteiger partial charge in [-0.2, -0.15) is 0 Å². The summed E-state index contributed by atoms with van der Waals surface area (Å²) in [5.41, 5.74) is 4.86. The first-order valence-electron chi connectivity index (χ1n) is 4.39. The fourth-order valence-corrected chi connectivity index (χ4v) is 1.66. The Morgan fingerprint density at radius 3 is 3.14 bits per heavy atom. The SMILES string of the molecule is COC(=O)C1=CC=CC2=CN(C)NC21. The maximum atomic E-state index is 11.4. The van der Waals surface area contributed by atoms with Gasteiger partial charge in [0.15, 0.2) is 0 Å². The third kappa shape index (κ3) is 1.33. The molecule has 4 nitrogen and oxygen atoms in total. The number of hydrogen-bond acceptors (Lipinski definition) is 4. The first-order chi connectivity index (χ1) is 6.72. The Balaban J connectivity index is 2.29. The lowest BCUT2D eigenvalue weighted by Gasteiger charge is -2.19. The van der Waals surface area contributed by atoms with Crippen LogP contribution in [0, 0.1) is 0 Å². The van der Waals surface area contributed by atoms with Crippen molar-refractivity contribution in [3.63, 3.8) is 0 Å². The second-order valence-electron chi connectivity index (χ2n) is 3.27. The molecule has 1 N–H and O–H groups in total. The Morgan fingerprint density at radius 1 is 1.64 bits per heavy atom. The van der Waals surface area contributed by atoms with Gasteiger partial charge in [-0.05, 0) is 11.6 Å². The predicted molar refractivity (Wildman–Crippen MR) is 52.0 cm³/mol. The second-order valence-corrected chi connectivity index (χ2v) is 3.27. The first-order valence-corrected chi connectivity index (χ1v) is 4.39. The van der Waals surface area contributed by atoms with Crippen LogP contribution in [-0.2, 0) is 9.53 Å². The minimum atomic E-state index is -0.284. The van der Waals surface area contributed by atoms with Gasteiger partial charge < -0.3 is 9.75 Å². The van der Waals surface area contributed by atoms with Crippen LogP contribution in [0.5, 0.6) is 0 Å². The van der Waals surface area contributed by atoms with Gasteiger partial charge in [0.25, 0.3) is 0 Å². The van der Waals surface area contributed by atoms with Crippen LogP contribution in [0.3, 0.4) is 0 Å². The number of nitrogens with zero attached hydrogens (tertiary/aromatic N) is 1. The average Bonchev–Trinajstić information content (AvgIpc) is 2.56. The number of methoxy groups -OCH3 is 1. The molecule has 1 atom stereocenters. The highest BCUT2D eigenvalue weighted by Crippen LogP contribution is 2.24. The van der Waals surface area contributed by atoms with E-state index in [1.165, 1.54) is 7.11 Å². The zero-order valence-corrected chi connectivity index (χ0v) is 8.15. The van der Waals surface area contributed by atoms with E-state index >= 15 is 0 Å². The summed E-state index contributed by atoms with van der Waals surface area (Å²) < 4.78 is 4.71. The van der Waals surface area contributed by atoms with Crippen molar-refractivity contribution < 1.29 is 9.53 Å². The third-order valence-corrected chi connectivity index (χ3v) is 2.31. The van der Waals surface area contributed by atoms with Crippen LogP contribution in [0.15, 0.2) is 35.6 Å². The number of carbonyl (C=O) groups excluding carboxylic acids is 1. The summed E-state index contributed by atoms with van der Waals surface area (Å²) in [5, 5.41) is 1.84. The summed E-state index contributed by atoms with van der Waals surface area (Å²) >= 11 is 0. The Bertz CT molecular complexity index is 355. The molecule has 1 aliphatic carbocycles. The number of ether oxygens (including phenoxy) is 1. The van der Waals surface area contributed by atoms with E-state index in [1.54, 1.807) is 6.08 Å². The molecule has 1 unspecified atom stereocenters. The van der Waals surface area contributed by atoms with Crippen molar-refractivity contribution in [2.45, 2.75) is 6.04 Å². The molecule has 0 fully saturated rings. The Hall–Kier alpha value is -1.55. The molecule has 0 radical (unpaired) electrons. The highest BCUT2D eigenvalue weighted by Gasteiger charge is 2.30. The van der Waals surface area contributed by atoms with E-state index in [0.29, 0.717) is 5.57 Å². The maximum absolute atomic E-state index is 11.4. The summed E-state index contributed by atoms with van der Waals surface area (Å²) in [6, 6.07) is -0.0579. The van der Waals surface area contributed by atoms with Gasteiger partial charge >= 0.3 is 5.97 Å². The van der Waals surface area contributed by atoms with Gasteiger partial charge in [-0.3, -0.25) is 0 Å². The van der Waals surface area contributed by atoms with Crippen LogP contribution >= 0.6 is 0 Å². The molecule has 0 saturated heterocycles. The molecular formula is C10H12N2O2. The van der Waals surface area contributed by atoms with Gasteiger partial charge in [0.05, 0.1) is 18.7 Å². The lowest BCUT2D eigenvalue weighted by Crippen LogP contribution is -2.37. The maximum Gasteiger partial charge on any atom is 0.335 e. The standard InChI is InChI=1S/C10H12N2O2/c1-12-6-7-4-3-5-8(9(7)11-12)10(13)14-2/h3-6,9,11H,1-2H3. The number of hydrogen-bond donors (Lipinski definition) is 1. The molecule has 1 aliphatic heterocycles. The van der Waals surface area contributed by atoms with Crippen LogP contribution in [0.1, 0.15) is 0 Å². The number of nitrogens with one attached hydrogen (secondary N) is 1. The van der Waals surface area contributed by atoms with Crippen molar-refractivity contribution in [3.05, 3.63) is 35.6 Å². The molecular weight excluding hydrogens is 180 g/mol. The van der Waals surface area contributed by atoms with E-state index in [1.807, 2.05) is 30.4 Å². The summed E-state index contributed by atoms with van der Waals surface area (Å²) in [5.74, 6) is -0.284. The minimum Gasteiger partial charge on any atom is -0.466 e. The zero-order valence-electron chi connectivity index (χ0n) is 8.15. The number of rotatable bonds is 1. The summed E-state index contributed by atoms with van der Waals surface area (Å²) in [7, 11) is 3.29. The Kier molecular flexibility index (Phi) is 2.13. The van der Waals surface area contributed by atoms with E-state index in [2.05, 4.69) is 5.43 Å². The number of esters is 1. The van der Waals surface area contributed by atoms with Crippen molar-refractivity contribution in [2.75, 3.05) is 14.2 Å². The molecule has 14 heavy (non-hydrogen) atoms. The molecule has 0 aromatic rings. The largest absolute Gasteiger partial charge is 0.466 e. The molecule has 0 amide bonds. The minimum absolute atomic E-state index is 0.0579. The van der Waals surface area contributed by atoms with Crippen LogP contribution < -0.4 is 5.43 Å². The lowest BCUT2D eigenvalue weighted by atomic mass is 9.96. The normalized spacial score (nSPS) is 24.1. The number of hydrazine groups is 1. The van der Waals surface area contributed by atoms with Gasteiger partial charge in [-0.25, -0.2) is 10.2 Å². The average molecular weight is 192 g/mol. The zero-order chi connectivity index (χ0) is 10.1. The van der Waals surface area contributed by atoms with Crippen molar-refractivity contribution in [1.29, 1.82) is 0 Å². The molecule has 4 heteroatoms.